The Morgan fingerprint density at radius 1 is 1.25 bits per heavy atom. The Hall–Kier alpha value is -1.94. The van der Waals surface area contributed by atoms with E-state index in [9.17, 15) is 4.39 Å². The van der Waals surface area contributed by atoms with Gasteiger partial charge in [-0.3, -0.25) is 0 Å². The molecule has 0 heterocycles. The lowest BCUT2D eigenvalue weighted by Crippen LogP contribution is -2.15. The van der Waals surface area contributed by atoms with E-state index in [4.69, 9.17) is 18.0 Å². The maximum Gasteiger partial charge on any atom is 0.123 e. The molecule has 0 aliphatic rings. The van der Waals surface area contributed by atoms with Crippen LogP contribution < -0.4 is 11.1 Å². The summed E-state index contributed by atoms with van der Waals surface area (Å²) < 4.78 is 13.3. The summed E-state index contributed by atoms with van der Waals surface area (Å²) in [6.07, 6.45) is 0. The zero-order valence-corrected chi connectivity index (χ0v) is 12.3. The van der Waals surface area contributed by atoms with Gasteiger partial charge in [0.25, 0.3) is 0 Å². The van der Waals surface area contributed by atoms with Crippen LogP contribution >= 0.6 is 12.2 Å². The Bertz CT molecular complexity index is 640. The van der Waals surface area contributed by atoms with E-state index in [1.807, 2.05) is 38.1 Å². The molecule has 0 aliphatic heterocycles. The van der Waals surface area contributed by atoms with E-state index in [0.29, 0.717) is 4.99 Å². The Kier molecular flexibility index (Phi) is 4.35. The third-order valence-electron chi connectivity index (χ3n) is 3.16. The molecule has 0 bridgehead atoms. The largest absolute Gasteiger partial charge is 0.389 e. The molecular formula is C16H17FN2S. The van der Waals surface area contributed by atoms with Gasteiger partial charge in [-0.1, -0.05) is 36.0 Å². The predicted octanol–water partition coefficient (Wildman–Crippen LogP) is 3.94. The lowest BCUT2D eigenvalue weighted by Gasteiger charge is -2.18. The highest BCUT2D eigenvalue weighted by molar-refractivity contribution is 7.80. The van der Waals surface area contributed by atoms with Crippen LogP contribution in [-0.4, -0.2) is 4.99 Å². The standard InChI is InChI=1S/C16H17FN2S/c1-10-6-7-15(14(8-10)16(18)20)19-11(2)12-4-3-5-13(17)9-12/h3-9,11,19H,1-2H3,(H2,18,20). The van der Waals surface area contributed by atoms with Crippen molar-refractivity contribution in [1.29, 1.82) is 0 Å². The highest BCUT2D eigenvalue weighted by Gasteiger charge is 2.10. The van der Waals surface area contributed by atoms with Gasteiger partial charge in [0.05, 0.1) is 0 Å². The van der Waals surface area contributed by atoms with E-state index >= 15 is 0 Å². The fraction of sp³-hybridized carbons (Fsp3) is 0.188. The molecule has 0 saturated carbocycles. The van der Waals surface area contributed by atoms with Crippen molar-refractivity contribution >= 4 is 22.9 Å². The van der Waals surface area contributed by atoms with Crippen LogP contribution in [-0.2, 0) is 0 Å². The van der Waals surface area contributed by atoms with Crippen molar-refractivity contribution in [3.8, 4) is 0 Å². The van der Waals surface area contributed by atoms with Gasteiger partial charge in [0.15, 0.2) is 0 Å². The number of hydrogen-bond acceptors (Lipinski definition) is 2. The molecule has 0 amide bonds. The monoisotopic (exact) mass is 288 g/mol. The van der Waals surface area contributed by atoms with Crippen molar-refractivity contribution in [3.05, 3.63) is 65.0 Å². The number of nitrogens with one attached hydrogen (secondary N) is 1. The van der Waals surface area contributed by atoms with Crippen LogP contribution in [0.15, 0.2) is 42.5 Å². The summed E-state index contributed by atoms with van der Waals surface area (Å²) in [4.78, 5) is 0.350. The number of benzene rings is 2. The maximum absolute atomic E-state index is 13.3. The van der Waals surface area contributed by atoms with Gasteiger partial charge in [0.2, 0.25) is 0 Å². The molecule has 3 N–H and O–H groups in total. The molecule has 0 aromatic heterocycles. The summed E-state index contributed by atoms with van der Waals surface area (Å²) in [6.45, 7) is 3.96. The molecule has 1 atom stereocenters. The van der Waals surface area contributed by atoms with Crippen LogP contribution in [0.4, 0.5) is 10.1 Å². The van der Waals surface area contributed by atoms with Crippen molar-refractivity contribution < 1.29 is 4.39 Å². The van der Waals surface area contributed by atoms with E-state index in [2.05, 4.69) is 5.32 Å². The number of aryl methyl sites for hydroxylation is 1. The average molecular weight is 288 g/mol. The summed E-state index contributed by atoms with van der Waals surface area (Å²) in [5.74, 6) is -0.241. The second kappa shape index (κ2) is 6.01. The first-order chi connectivity index (χ1) is 9.47. The summed E-state index contributed by atoms with van der Waals surface area (Å²) in [7, 11) is 0. The second-order valence-electron chi connectivity index (χ2n) is 4.83. The second-order valence-corrected chi connectivity index (χ2v) is 5.27. The lowest BCUT2D eigenvalue weighted by molar-refractivity contribution is 0.623. The molecule has 0 fully saturated rings. The smallest absolute Gasteiger partial charge is 0.123 e. The van der Waals surface area contributed by atoms with Crippen LogP contribution in [0.1, 0.15) is 29.7 Å². The van der Waals surface area contributed by atoms with E-state index in [0.717, 1.165) is 22.4 Å². The normalized spacial score (nSPS) is 11.9. The van der Waals surface area contributed by atoms with Gasteiger partial charge in [-0.25, -0.2) is 4.39 Å². The van der Waals surface area contributed by atoms with Crippen LogP contribution in [0.5, 0.6) is 0 Å². The summed E-state index contributed by atoms with van der Waals surface area (Å²) in [6, 6.07) is 12.4. The van der Waals surface area contributed by atoms with Crippen molar-refractivity contribution in [2.45, 2.75) is 19.9 Å². The highest BCUT2D eigenvalue weighted by atomic mass is 32.1. The number of hydrogen-bond donors (Lipinski definition) is 2. The van der Waals surface area contributed by atoms with Gasteiger partial charge in [-0.15, -0.1) is 0 Å². The summed E-state index contributed by atoms with van der Waals surface area (Å²) in [5, 5.41) is 3.33. The van der Waals surface area contributed by atoms with E-state index in [1.54, 1.807) is 6.07 Å². The Balaban J connectivity index is 2.28. The van der Waals surface area contributed by atoms with Crippen molar-refractivity contribution in [1.82, 2.24) is 0 Å². The van der Waals surface area contributed by atoms with Crippen LogP contribution in [0.25, 0.3) is 0 Å². The van der Waals surface area contributed by atoms with Crippen molar-refractivity contribution in [2.75, 3.05) is 5.32 Å². The number of halogens is 1. The number of rotatable bonds is 4. The fourth-order valence-corrected chi connectivity index (χ4v) is 2.25. The van der Waals surface area contributed by atoms with Crippen LogP contribution in [0, 0.1) is 12.7 Å². The van der Waals surface area contributed by atoms with Gasteiger partial charge in [-0.05, 0) is 43.7 Å². The molecule has 2 aromatic carbocycles. The first kappa shape index (κ1) is 14.5. The lowest BCUT2D eigenvalue weighted by atomic mass is 10.1. The molecule has 20 heavy (non-hydrogen) atoms. The van der Waals surface area contributed by atoms with E-state index in [1.165, 1.54) is 12.1 Å². The van der Waals surface area contributed by atoms with Gasteiger partial charge in [0.1, 0.15) is 10.8 Å². The third-order valence-corrected chi connectivity index (χ3v) is 3.38. The Morgan fingerprint density at radius 3 is 2.65 bits per heavy atom. The fourth-order valence-electron chi connectivity index (χ4n) is 2.08. The summed E-state index contributed by atoms with van der Waals surface area (Å²) >= 11 is 5.08. The third kappa shape index (κ3) is 3.33. The summed E-state index contributed by atoms with van der Waals surface area (Å²) in [5.41, 5.74) is 9.39. The van der Waals surface area contributed by atoms with Gasteiger partial charge in [-0.2, -0.15) is 0 Å². The van der Waals surface area contributed by atoms with E-state index in [-0.39, 0.29) is 11.9 Å². The highest BCUT2D eigenvalue weighted by Crippen LogP contribution is 2.24. The maximum atomic E-state index is 13.3. The number of thiocarbonyl (C=S) groups is 1. The first-order valence-corrected chi connectivity index (χ1v) is 6.80. The quantitative estimate of drug-likeness (QED) is 0.837. The molecule has 0 spiro atoms. The molecular weight excluding hydrogens is 271 g/mol. The number of nitrogens with two attached hydrogens (primary N) is 1. The van der Waals surface area contributed by atoms with Gasteiger partial charge < -0.3 is 11.1 Å². The van der Waals surface area contributed by atoms with Gasteiger partial charge in [0, 0.05) is 17.3 Å². The Labute approximate surface area is 123 Å². The molecule has 1 unspecified atom stereocenters. The predicted molar refractivity (Wildman–Crippen MR) is 85.5 cm³/mol. The SMILES string of the molecule is Cc1ccc(NC(C)c2cccc(F)c2)c(C(N)=S)c1. The van der Waals surface area contributed by atoms with Crippen molar-refractivity contribution in [2.24, 2.45) is 5.73 Å². The molecule has 2 aromatic rings. The Morgan fingerprint density at radius 2 is 2.00 bits per heavy atom. The zero-order valence-electron chi connectivity index (χ0n) is 11.5. The minimum Gasteiger partial charge on any atom is -0.389 e. The molecule has 2 rings (SSSR count). The van der Waals surface area contributed by atoms with Crippen LogP contribution in [0.2, 0.25) is 0 Å². The molecule has 104 valence electrons. The number of anilines is 1. The zero-order chi connectivity index (χ0) is 14.7. The average Bonchev–Trinajstić information content (AvgIpc) is 2.40. The minimum absolute atomic E-state index is 0.0403. The van der Waals surface area contributed by atoms with Gasteiger partial charge >= 0.3 is 0 Å². The van der Waals surface area contributed by atoms with Crippen LogP contribution in [0.3, 0.4) is 0 Å². The molecule has 0 aliphatic carbocycles. The molecule has 4 heteroatoms. The topological polar surface area (TPSA) is 38.0 Å². The van der Waals surface area contributed by atoms with Crippen molar-refractivity contribution in [3.63, 3.8) is 0 Å². The molecule has 2 nitrogen and oxygen atoms in total. The van der Waals surface area contributed by atoms with E-state index < -0.39 is 0 Å². The minimum atomic E-state index is -0.241. The molecule has 0 radical (unpaired) electrons. The first-order valence-electron chi connectivity index (χ1n) is 6.40. The molecule has 0 saturated heterocycles.